The maximum atomic E-state index is 13.8. The first-order chi connectivity index (χ1) is 9.90. The van der Waals surface area contributed by atoms with Gasteiger partial charge in [-0.05, 0) is 69.1 Å². The minimum atomic E-state index is -0.202. The summed E-state index contributed by atoms with van der Waals surface area (Å²) in [5.41, 5.74) is 1.65. The minimum Gasteiger partial charge on any atom is -0.327 e. The van der Waals surface area contributed by atoms with Crippen LogP contribution in [-0.2, 0) is 6.54 Å². The van der Waals surface area contributed by atoms with Crippen molar-refractivity contribution in [3.63, 3.8) is 0 Å². The largest absolute Gasteiger partial charge is 0.327 e. The monoisotopic (exact) mass is 423 g/mol. The van der Waals surface area contributed by atoms with Gasteiger partial charge in [0, 0.05) is 12.6 Å². The fourth-order valence-corrected chi connectivity index (χ4v) is 2.99. The van der Waals surface area contributed by atoms with E-state index in [2.05, 4.69) is 28.5 Å². The molecule has 0 saturated carbocycles. The molecule has 1 atom stereocenters. The fourth-order valence-electron chi connectivity index (χ4n) is 2.38. The van der Waals surface area contributed by atoms with Crippen molar-refractivity contribution in [2.45, 2.75) is 31.7 Å². The molecule has 2 aromatic rings. The first-order valence-corrected chi connectivity index (χ1v) is 8.55. The first-order valence-electron chi connectivity index (χ1n) is 7.04. The van der Waals surface area contributed by atoms with Crippen molar-refractivity contribution in [3.05, 3.63) is 27.3 Å². The number of alkyl halides is 1. The Bertz CT molecular complexity index is 625. The highest BCUT2D eigenvalue weighted by atomic mass is 127. The van der Waals surface area contributed by atoms with Crippen LogP contribution in [-0.4, -0.2) is 35.1 Å². The summed E-state index contributed by atoms with van der Waals surface area (Å²) < 4.78 is 16.5. The quantitative estimate of drug-likeness (QED) is 0.389. The zero-order valence-electron chi connectivity index (χ0n) is 12.5. The molecule has 0 aliphatic heterocycles. The van der Waals surface area contributed by atoms with Crippen LogP contribution in [0.5, 0.6) is 0 Å². The fraction of sp³-hybridized carbons (Fsp3) is 0.533. The van der Waals surface area contributed by atoms with Crippen molar-refractivity contribution in [2.75, 3.05) is 20.6 Å². The number of aryl methyl sites for hydroxylation is 1. The Balaban J connectivity index is 2.30. The molecule has 0 fully saturated rings. The molecule has 0 aliphatic rings. The molecule has 21 heavy (non-hydrogen) atoms. The highest BCUT2D eigenvalue weighted by Crippen LogP contribution is 2.27. The number of nitrogens with zero attached hydrogens (tertiary/aromatic N) is 3. The first kappa shape index (κ1) is 17.0. The summed E-state index contributed by atoms with van der Waals surface area (Å²) in [5.74, 6) is 0.615. The highest BCUT2D eigenvalue weighted by Gasteiger charge is 2.16. The topological polar surface area (TPSA) is 21.1 Å². The van der Waals surface area contributed by atoms with Crippen LogP contribution in [0.4, 0.5) is 4.39 Å². The molecule has 0 bridgehead atoms. The molecule has 1 aromatic heterocycles. The number of imidazole rings is 1. The lowest BCUT2D eigenvalue weighted by molar-refractivity contribution is 0.387. The summed E-state index contributed by atoms with van der Waals surface area (Å²) in [7, 11) is 4.13. The number of benzene rings is 1. The molecular formula is C15H20ClFIN3. The van der Waals surface area contributed by atoms with Crippen molar-refractivity contribution in [2.24, 2.45) is 0 Å². The number of hydrogen-bond donors (Lipinski definition) is 0. The van der Waals surface area contributed by atoms with Crippen molar-refractivity contribution in [1.29, 1.82) is 0 Å². The van der Waals surface area contributed by atoms with Crippen LogP contribution in [0.15, 0.2) is 12.1 Å². The van der Waals surface area contributed by atoms with Crippen LogP contribution in [0, 0.1) is 9.39 Å². The van der Waals surface area contributed by atoms with Crippen LogP contribution < -0.4 is 0 Å². The summed E-state index contributed by atoms with van der Waals surface area (Å²) in [4.78, 5) is 6.74. The van der Waals surface area contributed by atoms with E-state index in [9.17, 15) is 4.39 Å². The Labute approximate surface area is 143 Å². The number of fused-ring (bicyclic) bond motifs is 1. The zero-order valence-corrected chi connectivity index (χ0v) is 15.4. The molecule has 1 unspecified atom stereocenters. The zero-order chi connectivity index (χ0) is 15.6. The molecule has 2 rings (SSSR count). The van der Waals surface area contributed by atoms with Crippen molar-refractivity contribution >= 4 is 45.2 Å². The molecule has 0 amide bonds. The Morgan fingerprint density at radius 3 is 2.71 bits per heavy atom. The molecule has 0 spiro atoms. The van der Waals surface area contributed by atoms with Crippen LogP contribution in [0.2, 0.25) is 0 Å². The Morgan fingerprint density at radius 1 is 1.38 bits per heavy atom. The molecule has 3 nitrogen and oxygen atoms in total. The molecule has 0 radical (unpaired) electrons. The van der Waals surface area contributed by atoms with E-state index in [0.717, 1.165) is 42.8 Å². The van der Waals surface area contributed by atoms with Gasteiger partial charge in [0.25, 0.3) is 0 Å². The lowest BCUT2D eigenvalue weighted by Crippen LogP contribution is -2.14. The van der Waals surface area contributed by atoms with E-state index in [4.69, 9.17) is 11.6 Å². The van der Waals surface area contributed by atoms with Crippen LogP contribution in [0.1, 0.15) is 31.0 Å². The van der Waals surface area contributed by atoms with Gasteiger partial charge in [0.1, 0.15) is 11.6 Å². The van der Waals surface area contributed by atoms with Gasteiger partial charge in [-0.25, -0.2) is 9.37 Å². The smallest absolute Gasteiger partial charge is 0.138 e. The van der Waals surface area contributed by atoms with E-state index in [-0.39, 0.29) is 11.2 Å². The summed E-state index contributed by atoms with van der Waals surface area (Å²) in [6.45, 7) is 3.77. The maximum Gasteiger partial charge on any atom is 0.138 e. The van der Waals surface area contributed by atoms with E-state index in [1.807, 2.05) is 29.5 Å². The predicted molar refractivity (Wildman–Crippen MR) is 94.5 cm³/mol. The lowest BCUT2D eigenvalue weighted by atomic mass is 10.2. The van der Waals surface area contributed by atoms with Crippen LogP contribution in [0.3, 0.4) is 0 Å². The standard InChI is InChI=1S/C15H20ClFIN3/c1-10(16)15-19-13-9-12(18)11(17)8-14(13)21(15)7-5-4-6-20(2)3/h8-10H,4-7H2,1-3H3. The molecular weight excluding hydrogens is 404 g/mol. The lowest BCUT2D eigenvalue weighted by Gasteiger charge is -2.12. The van der Waals surface area contributed by atoms with E-state index in [1.165, 1.54) is 0 Å². The second kappa shape index (κ2) is 7.24. The molecule has 0 N–H and O–H groups in total. The van der Waals surface area contributed by atoms with Gasteiger partial charge in [-0.3, -0.25) is 0 Å². The molecule has 6 heteroatoms. The Kier molecular flexibility index (Phi) is 5.85. The third-order valence-corrected chi connectivity index (χ3v) is 4.43. The molecule has 116 valence electrons. The second-order valence-corrected chi connectivity index (χ2v) is 7.32. The molecule has 1 aromatic carbocycles. The number of aromatic nitrogens is 2. The average molecular weight is 424 g/mol. The van der Waals surface area contributed by atoms with Crippen molar-refractivity contribution < 1.29 is 4.39 Å². The van der Waals surface area contributed by atoms with Gasteiger partial charge >= 0.3 is 0 Å². The van der Waals surface area contributed by atoms with Gasteiger partial charge < -0.3 is 9.47 Å². The van der Waals surface area contributed by atoms with Crippen molar-refractivity contribution in [1.82, 2.24) is 14.5 Å². The molecule has 1 heterocycles. The third kappa shape index (κ3) is 4.07. The average Bonchev–Trinajstić information content (AvgIpc) is 2.73. The van der Waals surface area contributed by atoms with Gasteiger partial charge in [-0.15, -0.1) is 11.6 Å². The highest BCUT2D eigenvalue weighted by molar-refractivity contribution is 14.1. The summed E-state index contributed by atoms with van der Waals surface area (Å²) in [6.07, 6.45) is 2.11. The molecule has 0 saturated heterocycles. The number of halogens is 3. The SMILES string of the molecule is CC(Cl)c1nc2cc(I)c(F)cc2n1CCCCN(C)C. The van der Waals surface area contributed by atoms with Gasteiger partial charge in [0.15, 0.2) is 0 Å². The Hall–Kier alpha value is -0.400. The van der Waals surface area contributed by atoms with Crippen molar-refractivity contribution in [3.8, 4) is 0 Å². The van der Waals surface area contributed by atoms with E-state index in [0.29, 0.717) is 3.57 Å². The number of hydrogen-bond acceptors (Lipinski definition) is 2. The van der Waals surface area contributed by atoms with Gasteiger partial charge in [-0.1, -0.05) is 0 Å². The summed E-state index contributed by atoms with van der Waals surface area (Å²) >= 11 is 8.23. The van der Waals surface area contributed by atoms with Gasteiger partial charge in [0.2, 0.25) is 0 Å². The van der Waals surface area contributed by atoms with E-state index in [1.54, 1.807) is 12.1 Å². The molecule has 0 aliphatic carbocycles. The number of unbranched alkanes of at least 4 members (excludes halogenated alkanes) is 1. The third-order valence-electron chi connectivity index (χ3n) is 3.41. The Morgan fingerprint density at radius 2 is 2.10 bits per heavy atom. The summed E-state index contributed by atoms with van der Waals surface area (Å²) in [5, 5.41) is -0.188. The predicted octanol–water partition coefficient (Wildman–Crippen LogP) is 4.42. The van der Waals surface area contributed by atoms with Gasteiger partial charge in [0.05, 0.1) is 20.0 Å². The van der Waals surface area contributed by atoms with E-state index < -0.39 is 0 Å². The van der Waals surface area contributed by atoms with E-state index >= 15 is 0 Å². The second-order valence-electron chi connectivity index (χ2n) is 5.50. The summed E-state index contributed by atoms with van der Waals surface area (Å²) in [6, 6.07) is 3.35. The minimum absolute atomic E-state index is 0.188. The maximum absolute atomic E-state index is 13.8. The van der Waals surface area contributed by atoms with Gasteiger partial charge in [-0.2, -0.15) is 0 Å². The van der Waals surface area contributed by atoms with Crippen LogP contribution in [0.25, 0.3) is 11.0 Å². The number of rotatable bonds is 6. The normalized spacial score (nSPS) is 13.3. The van der Waals surface area contributed by atoms with Crippen LogP contribution >= 0.6 is 34.2 Å².